The maximum atomic E-state index is 12.6. The maximum Gasteiger partial charge on any atom is 0.406 e. The second-order valence-corrected chi connectivity index (χ2v) is 5.25. The van der Waals surface area contributed by atoms with Crippen LogP contribution in [0.2, 0.25) is 0 Å². The molecule has 1 aliphatic heterocycles. The van der Waals surface area contributed by atoms with Gasteiger partial charge in [0.15, 0.2) is 0 Å². The van der Waals surface area contributed by atoms with Crippen LogP contribution >= 0.6 is 0 Å². The molecule has 1 saturated heterocycles. The van der Waals surface area contributed by atoms with Gasteiger partial charge in [0.25, 0.3) is 0 Å². The van der Waals surface area contributed by atoms with Crippen LogP contribution in [0.5, 0.6) is 0 Å². The van der Waals surface area contributed by atoms with Crippen LogP contribution in [-0.2, 0) is 9.53 Å². The van der Waals surface area contributed by atoms with E-state index in [1.54, 1.807) is 6.92 Å². The molecule has 1 amide bonds. The second-order valence-electron chi connectivity index (χ2n) is 5.25. The number of carbonyl (C=O) groups is 1. The van der Waals surface area contributed by atoms with E-state index in [1.807, 2.05) is 6.92 Å². The van der Waals surface area contributed by atoms with E-state index in [1.165, 1.54) is 0 Å². The van der Waals surface area contributed by atoms with Crippen molar-refractivity contribution in [3.63, 3.8) is 0 Å². The third kappa shape index (κ3) is 5.28. The summed E-state index contributed by atoms with van der Waals surface area (Å²) >= 11 is 0. The number of hydrogen-bond donors (Lipinski definition) is 1. The minimum Gasteiger partial charge on any atom is -0.382 e. The summed E-state index contributed by atoms with van der Waals surface area (Å²) in [6.45, 7) is 3.91. The van der Waals surface area contributed by atoms with E-state index >= 15 is 0 Å². The lowest BCUT2D eigenvalue weighted by atomic mass is 9.98. The summed E-state index contributed by atoms with van der Waals surface area (Å²) in [7, 11) is 0. The third-order valence-electron chi connectivity index (χ3n) is 3.42. The Hall–Kier alpha value is -0.820. The van der Waals surface area contributed by atoms with Crippen molar-refractivity contribution in [2.24, 2.45) is 0 Å². The highest BCUT2D eigenvalue weighted by atomic mass is 19.4. The van der Waals surface area contributed by atoms with Crippen LogP contribution in [0.4, 0.5) is 13.2 Å². The van der Waals surface area contributed by atoms with Crippen molar-refractivity contribution in [1.29, 1.82) is 0 Å². The number of carbonyl (C=O) groups excluding carboxylic acids is 1. The molecule has 1 heterocycles. The number of alkyl halides is 3. The minimum absolute atomic E-state index is 0.0651. The van der Waals surface area contributed by atoms with Gasteiger partial charge >= 0.3 is 6.18 Å². The molecule has 1 unspecified atom stereocenters. The molecule has 118 valence electrons. The monoisotopic (exact) mass is 296 g/mol. The molecule has 0 spiro atoms. The van der Waals surface area contributed by atoms with Gasteiger partial charge in [-0.1, -0.05) is 0 Å². The molecule has 1 rings (SSSR count). The summed E-state index contributed by atoms with van der Waals surface area (Å²) in [4.78, 5) is 13.2. The fourth-order valence-corrected chi connectivity index (χ4v) is 2.40. The zero-order valence-electron chi connectivity index (χ0n) is 12.1. The lowest BCUT2D eigenvalue weighted by Gasteiger charge is -2.32. The summed E-state index contributed by atoms with van der Waals surface area (Å²) in [5.74, 6) is -0.469. The van der Waals surface area contributed by atoms with Crippen LogP contribution in [-0.4, -0.2) is 55.4 Å². The first-order valence-corrected chi connectivity index (χ1v) is 6.97. The van der Waals surface area contributed by atoms with Crippen molar-refractivity contribution >= 4 is 5.91 Å². The largest absolute Gasteiger partial charge is 0.406 e. The van der Waals surface area contributed by atoms with Crippen LogP contribution in [0.1, 0.15) is 33.1 Å². The zero-order valence-corrected chi connectivity index (χ0v) is 12.1. The van der Waals surface area contributed by atoms with E-state index in [2.05, 4.69) is 5.32 Å². The van der Waals surface area contributed by atoms with Gasteiger partial charge in [0.2, 0.25) is 5.91 Å². The fraction of sp³-hybridized carbons (Fsp3) is 0.923. The Bertz CT molecular complexity index is 315. The standard InChI is InChI=1S/C13H23F3N2O2/c1-3-20-9-5-8-18(10-13(14,15)16)11(19)12(2)6-4-7-17-12/h17H,3-10H2,1-2H3. The van der Waals surface area contributed by atoms with Gasteiger partial charge < -0.3 is 15.0 Å². The summed E-state index contributed by atoms with van der Waals surface area (Å²) < 4.78 is 42.9. The topological polar surface area (TPSA) is 41.6 Å². The van der Waals surface area contributed by atoms with Crippen molar-refractivity contribution in [3.05, 3.63) is 0 Å². The maximum absolute atomic E-state index is 12.6. The number of hydrogen-bond acceptors (Lipinski definition) is 3. The lowest BCUT2D eigenvalue weighted by Crippen LogP contribution is -2.55. The summed E-state index contributed by atoms with van der Waals surface area (Å²) in [5.41, 5.74) is -0.864. The molecule has 0 saturated carbocycles. The molecule has 1 N–H and O–H groups in total. The first kappa shape index (κ1) is 17.2. The minimum atomic E-state index is -4.38. The molecule has 4 nitrogen and oxygen atoms in total. The number of amides is 1. The zero-order chi connectivity index (χ0) is 15.2. The van der Waals surface area contributed by atoms with E-state index in [4.69, 9.17) is 4.74 Å². The van der Waals surface area contributed by atoms with Crippen molar-refractivity contribution in [3.8, 4) is 0 Å². The smallest absolute Gasteiger partial charge is 0.382 e. The average Bonchev–Trinajstić information content (AvgIpc) is 2.79. The Morgan fingerprint density at radius 1 is 1.45 bits per heavy atom. The summed E-state index contributed by atoms with van der Waals surface area (Å²) in [5, 5.41) is 3.01. The van der Waals surface area contributed by atoms with Crippen molar-refractivity contribution in [2.75, 3.05) is 32.8 Å². The molecule has 0 aromatic heterocycles. The molecule has 1 fully saturated rings. The Kier molecular flexibility index (Phi) is 6.26. The van der Waals surface area contributed by atoms with Crippen LogP contribution in [0, 0.1) is 0 Å². The van der Waals surface area contributed by atoms with Crippen LogP contribution in [0.15, 0.2) is 0 Å². The highest BCUT2D eigenvalue weighted by Gasteiger charge is 2.42. The fourth-order valence-electron chi connectivity index (χ4n) is 2.40. The third-order valence-corrected chi connectivity index (χ3v) is 3.42. The number of halogens is 3. The SMILES string of the molecule is CCOCCCN(CC(F)(F)F)C(=O)C1(C)CCCN1. The lowest BCUT2D eigenvalue weighted by molar-refractivity contribution is -0.165. The van der Waals surface area contributed by atoms with E-state index < -0.39 is 24.2 Å². The van der Waals surface area contributed by atoms with E-state index in [-0.39, 0.29) is 6.54 Å². The Balaban J connectivity index is 2.63. The molecule has 0 aromatic rings. The quantitative estimate of drug-likeness (QED) is 0.730. The Morgan fingerprint density at radius 3 is 2.65 bits per heavy atom. The average molecular weight is 296 g/mol. The second kappa shape index (κ2) is 7.26. The number of nitrogens with zero attached hydrogens (tertiary/aromatic N) is 1. The number of nitrogens with one attached hydrogen (secondary N) is 1. The van der Waals surface area contributed by atoms with E-state index in [0.717, 1.165) is 11.3 Å². The highest BCUT2D eigenvalue weighted by molar-refractivity contribution is 5.86. The Labute approximate surface area is 117 Å². The number of ether oxygens (including phenoxy) is 1. The molecular formula is C13H23F3N2O2. The summed E-state index contributed by atoms with van der Waals surface area (Å²) in [6, 6.07) is 0. The predicted molar refractivity (Wildman–Crippen MR) is 69.4 cm³/mol. The van der Waals surface area contributed by atoms with Gasteiger partial charge in [-0.2, -0.15) is 13.2 Å². The molecule has 7 heteroatoms. The molecule has 0 radical (unpaired) electrons. The van der Waals surface area contributed by atoms with E-state index in [9.17, 15) is 18.0 Å². The van der Waals surface area contributed by atoms with E-state index in [0.29, 0.717) is 32.6 Å². The van der Waals surface area contributed by atoms with Gasteiger partial charge in [-0.25, -0.2) is 0 Å². The van der Waals surface area contributed by atoms with Gasteiger partial charge in [-0.3, -0.25) is 4.79 Å². The predicted octanol–water partition coefficient (Wildman–Crippen LogP) is 1.95. The molecule has 0 aromatic carbocycles. The molecule has 0 aliphatic carbocycles. The summed E-state index contributed by atoms with van der Waals surface area (Å²) in [6.07, 6.45) is -2.59. The van der Waals surface area contributed by atoms with Gasteiger partial charge in [0.05, 0.1) is 5.54 Å². The molecule has 1 aliphatic rings. The van der Waals surface area contributed by atoms with Crippen molar-refractivity contribution in [1.82, 2.24) is 10.2 Å². The van der Waals surface area contributed by atoms with Crippen molar-refractivity contribution in [2.45, 2.75) is 44.8 Å². The van der Waals surface area contributed by atoms with Gasteiger partial charge in [0.1, 0.15) is 6.54 Å². The Morgan fingerprint density at radius 2 is 2.15 bits per heavy atom. The van der Waals surface area contributed by atoms with Gasteiger partial charge in [-0.05, 0) is 39.7 Å². The molecular weight excluding hydrogens is 273 g/mol. The van der Waals surface area contributed by atoms with Crippen LogP contribution in [0.3, 0.4) is 0 Å². The van der Waals surface area contributed by atoms with Crippen LogP contribution < -0.4 is 5.32 Å². The normalized spacial score (nSPS) is 23.1. The van der Waals surface area contributed by atoms with Gasteiger partial charge in [-0.15, -0.1) is 0 Å². The molecule has 0 bridgehead atoms. The first-order valence-electron chi connectivity index (χ1n) is 6.97. The van der Waals surface area contributed by atoms with Crippen molar-refractivity contribution < 1.29 is 22.7 Å². The molecule has 20 heavy (non-hydrogen) atoms. The molecule has 1 atom stereocenters. The first-order chi connectivity index (χ1) is 9.28. The van der Waals surface area contributed by atoms with Gasteiger partial charge in [0, 0.05) is 19.8 Å². The highest BCUT2D eigenvalue weighted by Crippen LogP contribution is 2.24. The number of rotatable bonds is 7. The van der Waals surface area contributed by atoms with Crippen LogP contribution in [0.25, 0.3) is 0 Å².